The molecule has 0 aromatic carbocycles. The normalized spacial score (nSPS) is 12.6. The maximum Gasteiger partial charge on any atom is 0.307 e. The van der Waals surface area contributed by atoms with E-state index in [0.29, 0.717) is 19.6 Å². The van der Waals surface area contributed by atoms with Crippen LogP contribution in [0.2, 0.25) is 0 Å². The van der Waals surface area contributed by atoms with Crippen LogP contribution in [0.4, 0.5) is 0 Å². The quantitative estimate of drug-likeness (QED) is 0.556. The van der Waals surface area contributed by atoms with Crippen LogP contribution in [-0.4, -0.2) is 39.5 Å². The fourth-order valence-electron chi connectivity index (χ4n) is 0.728. The molecule has 0 aromatic heterocycles. The van der Waals surface area contributed by atoms with Crippen molar-refractivity contribution in [2.45, 2.75) is 19.4 Å². The maximum atomic E-state index is 10.6. The van der Waals surface area contributed by atoms with Crippen molar-refractivity contribution in [3.63, 3.8) is 0 Å². The second kappa shape index (κ2) is 7.06. The van der Waals surface area contributed by atoms with Gasteiger partial charge in [0.15, 0.2) is 0 Å². The lowest BCUT2D eigenvalue weighted by molar-refractivity contribution is -0.142. The lowest BCUT2D eigenvalue weighted by Gasteiger charge is -2.10. The Bertz CT molecular complexity index is 124. The summed E-state index contributed by atoms with van der Waals surface area (Å²) in [4.78, 5) is 10.6. The molecular formula is C8H16O4. The monoisotopic (exact) mass is 176 g/mol. The van der Waals surface area contributed by atoms with Gasteiger partial charge in [-0.15, -0.1) is 0 Å². The average molecular weight is 176 g/mol. The number of rotatable bonds is 6. The van der Waals surface area contributed by atoms with Crippen LogP contribution < -0.4 is 0 Å². The van der Waals surface area contributed by atoms with Gasteiger partial charge in [0.25, 0.3) is 0 Å². The van der Waals surface area contributed by atoms with Crippen LogP contribution in [0, 0.1) is 0 Å². The number of ether oxygens (including phenoxy) is 3. The molecule has 0 N–H and O–H groups in total. The van der Waals surface area contributed by atoms with E-state index in [2.05, 4.69) is 4.74 Å². The van der Waals surface area contributed by atoms with Crippen molar-refractivity contribution in [3.05, 3.63) is 0 Å². The van der Waals surface area contributed by atoms with E-state index in [1.165, 1.54) is 7.11 Å². The largest absolute Gasteiger partial charge is 0.469 e. The first-order chi connectivity index (χ1) is 5.70. The molecule has 0 saturated carbocycles. The van der Waals surface area contributed by atoms with Crippen LogP contribution >= 0.6 is 0 Å². The Morgan fingerprint density at radius 2 is 2.08 bits per heavy atom. The highest BCUT2D eigenvalue weighted by Crippen LogP contribution is 1.93. The van der Waals surface area contributed by atoms with Gasteiger partial charge in [0, 0.05) is 7.11 Å². The zero-order valence-corrected chi connectivity index (χ0v) is 7.83. The summed E-state index contributed by atoms with van der Waals surface area (Å²) in [7, 11) is 2.97. The molecule has 0 amide bonds. The number of hydrogen-bond acceptors (Lipinski definition) is 4. The molecule has 12 heavy (non-hydrogen) atoms. The van der Waals surface area contributed by atoms with E-state index in [1.807, 2.05) is 6.92 Å². The van der Waals surface area contributed by atoms with Crippen molar-refractivity contribution in [1.82, 2.24) is 0 Å². The van der Waals surface area contributed by atoms with Crippen molar-refractivity contribution < 1.29 is 19.0 Å². The molecule has 1 unspecified atom stereocenters. The Hall–Kier alpha value is -0.610. The first kappa shape index (κ1) is 11.4. The minimum atomic E-state index is -0.250. The number of hydrogen-bond donors (Lipinski definition) is 0. The van der Waals surface area contributed by atoms with Crippen molar-refractivity contribution >= 4 is 5.97 Å². The van der Waals surface area contributed by atoms with Gasteiger partial charge >= 0.3 is 5.97 Å². The third-order valence-corrected chi connectivity index (χ3v) is 1.34. The Labute approximate surface area is 72.8 Å². The Morgan fingerprint density at radius 3 is 2.58 bits per heavy atom. The number of methoxy groups -OCH3 is 2. The molecular weight excluding hydrogens is 160 g/mol. The van der Waals surface area contributed by atoms with Gasteiger partial charge < -0.3 is 14.2 Å². The van der Waals surface area contributed by atoms with Crippen LogP contribution in [0.25, 0.3) is 0 Å². The fourth-order valence-corrected chi connectivity index (χ4v) is 0.728. The number of esters is 1. The molecule has 1 atom stereocenters. The molecule has 0 fully saturated rings. The molecule has 0 radical (unpaired) electrons. The molecule has 72 valence electrons. The molecule has 0 saturated heterocycles. The van der Waals surface area contributed by atoms with Crippen molar-refractivity contribution in [2.75, 3.05) is 27.4 Å². The summed E-state index contributed by atoms with van der Waals surface area (Å²) in [5.74, 6) is -0.250. The molecule has 4 heteroatoms. The SMILES string of the molecule is COCC(C)OCCC(=O)OC. The van der Waals surface area contributed by atoms with Crippen LogP contribution in [0.5, 0.6) is 0 Å². The zero-order chi connectivity index (χ0) is 9.40. The minimum Gasteiger partial charge on any atom is -0.469 e. The van der Waals surface area contributed by atoms with Gasteiger partial charge in [-0.1, -0.05) is 0 Å². The second-order valence-corrected chi connectivity index (χ2v) is 2.46. The summed E-state index contributed by atoms with van der Waals surface area (Å²) in [5, 5.41) is 0. The van der Waals surface area contributed by atoms with Crippen LogP contribution in [0.1, 0.15) is 13.3 Å². The van der Waals surface area contributed by atoms with Gasteiger partial charge in [-0.25, -0.2) is 0 Å². The van der Waals surface area contributed by atoms with E-state index in [-0.39, 0.29) is 12.1 Å². The second-order valence-electron chi connectivity index (χ2n) is 2.46. The number of carbonyl (C=O) groups is 1. The summed E-state index contributed by atoms with van der Waals surface area (Å²) in [6.45, 7) is 2.82. The predicted octanol–water partition coefficient (Wildman–Crippen LogP) is 0.601. The van der Waals surface area contributed by atoms with Crippen LogP contribution in [-0.2, 0) is 19.0 Å². The van der Waals surface area contributed by atoms with Crippen LogP contribution in [0.3, 0.4) is 0 Å². The zero-order valence-electron chi connectivity index (χ0n) is 7.83. The summed E-state index contributed by atoms with van der Waals surface area (Å²) < 4.78 is 14.5. The molecule has 0 aromatic rings. The highest BCUT2D eigenvalue weighted by Gasteiger charge is 2.03. The maximum absolute atomic E-state index is 10.6. The predicted molar refractivity (Wildman–Crippen MR) is 43.9 cm³/mol. The van der Waals surface area contributed by atoms with E-state index in [9.17, 15) is 4.79 Å². The minimum absolute atomic E-state index is 0.0275. The highest BCUT2D eigenvalue weighted by atomic mass is 16.5. The molecule has 0 heterocycles. The molecule has 0 aliphatic rings. The highest BCUT2D eigenvalue weighted by molar-refractivity contribution is 5.69. The molecule has 4 nitrogen and oxygen atoms in total. The molecule has 0 aliphatic heterocycles. The molecule has 0 aliphatic carbocycles. The third-order valence-electron chi connectivity index (χ3n) is 1.34. The lowest BCUT2D eigenvalue weighted by atomic mass is 10.4. The summed E-state index contributed by atoms with van der Waals surface area (Å²) in [6.07, 6.45) is 0.324. The summed E-state index contributed by atoms with van der Waals surface area (Å²) in [5.41, 5.74) is 0. The summed E-state index contributed by atoms with van der Waals surface area (Å²) >= 11 is 0. The molecule has 0 bridgehead atoms. The van der Waals surface area contributed by atoms with E-state index < -0.39 is 0 Å². The standard InChI is InChI=1S/C8H16O4/c1-7(6-10-2)12-5-4-8(9)11-3/h7H,4-6H2,1-3H3. The van der Waals surface area contributed by atoms with Gasteiger partial charge in [-0.2, -0.15) is 0 Å². The van der Waals surface area contributed by atoms with E-state index in [4.69, 9.17) is 9.47 Å². The first-order valence-electron chi connectivity index (χ1n) is 3.88. The molecule has 0 spiro atoms. The smallest absolute Gasteiger partial charge is 0.307 e. The fraction of sp³-hybridized carbons (Fsp3) is 0.875. The Kier molecular flexibility index (Phi) is 6.70. The lowest BCUT2D eigenvalue weighted by Crippen LogP contribution is -2.17. The van der Waals surface area contributed by atoms with Crippen LogP contribution in [0.15, 0.2) is 0 Å². The average Bonchev–Trinajstić information content (AvgIpc) is 2.04. The van der Waals surface area contributed by atoms with Gasteiger partial charge in [-0.05, 0) is 6.92 Å². The van der Waals surface area contributed by atoms with Crippen molar-refractivity contribution in [3.8, 4) is 0 Å². The Balaban J connectivity index is 3.24. The first-order valence-corrected chi connectivity index (χ1v) is 3.88. The van der Waals surface area contributed by atoms with Crippen molar-refractivity contribution in [1.29, 1.82) is 0 Å². The summed E-state index contributed by atoms with van der Waals surface area (Å²) in [6, 6.07) is 0. The third kappa shape index (κ3) is 6.12. The van der Waals surface area contributed by atoms with E-state index in [0.717, 1.165) is 0 Å². The topological polar surface area (TPSA) is 44.8 Å². The van der Waals surface area contributed by atoms with Gasteiger partial charge in [0.2, 0.25) is 0 Å². The van der Waals surface area contributed by atoms with Crippen molar-refractivity contribution in [2.24, 2.45) is 0 Å². The van der Waals surface area contributed by atoms with E-state index >= 15 is 0 Å². The number of carbonyl (C=O) groups excluding carboxylic acids is 1. The van der Waals surface area contributed by atoms with E-state index in [1.54, 1.807) is 7.11 Å². The van der Waals surface area contributed by atoms with Gasteiger partial charge in [-0.3, -0.25) is 4.79 Å². The van der Waals surface area contributed by atoms with Gasteiger partial charge in [0.1, 0.15) is 0 Å². The molecule has 0 rings (SSSR count). The van der Waals surface area contributed by atoms with Gasteiger partial charge in [0.05, 0.1) is 32.8 Å². The Morgan fingerprint density at radius 1 is 1.42 bits per heavy atom.